The first-order valence-corrected chi connectivity index (χ1v) is 7.11. The van der Waals surface area contributed by atoms with Crippen LogP contribution in [0.5, 0.6) is 0 Å². The molecule has 5 nitrogen and oxygen atoms in total. The largest absolute Gasteiger partial charge is 0.360 e. The summed E-state index contributed by atoms with van der Waals surface area (Å²) >= 11 is 0. The topological polar surface area (TPSA) is 63.4 Å². The van der Waals surface area contributed by atoms with Gasteiger partial charge in [-0.05, 0) is 20.4 Å². The average Bonchev–Trinajstić information content (AvgIpc) is 2.72. The highest BCUT2D eigenvalue weighted by atomic mass is 32.2. The number of hydrogen-bond donors (Lipinski definition) is 0. The summed E-state index contributed by atoms with van der Waals surface area (Å²) in [4.78, 5) is 2.02. The van der Waals surface area contributed by atoms with Crippen LogP contribution in [0.3, 0.4) is 0 Å². The molecular formula is C10H16N2O3S. The van der Waals surface area contributed by atoms with Crippen molar-refractivity contribution in [3.8, 4) is 0 Å². The minimum absolute atomic E-state index is 0.107. The molecule has 0 aliphatic carbocycles. The van der Waals surface area contributed by atoms with Gasteiger partial charge in [-0.2, -0.15) is 0 Å². The molecule has 0 amide bonds. The van der Waals surface area contributed by atoms with E-state index >= 15 is 0 Å². The number of aryl methyl sites for hydroxylation is 1. The Labute approximate surface area is 95.3 Å². The molecule has 0 radical (unpaired) electrons. The highest BCUT2D eigenvalue weighted by Gasteiger charge is 2.30. The maximum Gasteiger partial charge on any atom is 0.151 e. The lowest BCUT2D eigenvalue weighted by Crippen LogP contribution is -2.31. The molecule has 1 unspecified atom stereocenters. The minimum atomic E-state index is -2.82. The van der Waals surface area contributed by atoms with E-state index in [4.69, 9.17) is 4.52 Å². The quantitative estimate of drug-likeness (QED) is 0.779. The van der Waals surface area contributed by atoms with Gasteiger partial charge in [-0.25, -0.2) is 8.42 Å². The molecule has 16 heavy (non-hydrogen) atoms. The van der Waals surface area contributed by atoms with E-state index in [0.717, 1.165) is 11.5 Å². The SMILES string of the molecule is Cc1cc(CN(C)C2CCS(=O)(=O)C2)on1. The number of hydrogen-bond acceptors (Lipinski definition) is 5. The predicted octanol–water partition coefficient (Wildman–Crippen LogP) is 0.602. The fourth-order valence-electron chi connectivity index (χ4n) is 1.99. The van der Waals surface area contributed by atoms with Crippen LogP contribution in [-0.4, -0.2) is 43.1 Å². The maximum atomic E-state index is 11.3. The molecular weight excluding hydrogens is 228 g/mol. The Morgan fingerprint density at radius 1 is 1.62 bits per heavy atom. The zero-order chi connectivity index (χ0) is 11.8. The molecule has 1 aliphatic heterocycles. The van der Waals surface area contributed by atoms with Crippen molar-refractivity contribution in [2.24, 2.45) is 0 Å². The second-order valence-corrected chi connectivity index (χ2v) is 6.64. The normalized spacial score (nSPS) is 24.1. The zero-order valence-corrected chi connectivity index (χ0v) is 10.3. The Hall–Kier alpha value is -0.880. The van der Waals surface area contributed by atoms with Gasteiger partial charge in [0.2, 0.25) is 0 Å². The van der Waals surface area contributed by atoms with E-state index in [1.165, 1.54) is 0 Å². The molecule has 90 valence electrons. The van der Waals surface area contributed by atoms with Crippen LogP contribution in [0, 0.1) is 6.92 Å². The second kappa shape index (κ2) is 4.18. The molecule has 6 heteroatoms. The first-order chi connectivity index (χ1) is 7.46. The van der Waals surface area contributed by atoms with Gasteiger partial charge in [0.05, 0.1) is 23.7 Å². The van der Waals surface area contributed by atoms with E-state index in [2.05, 4.69) is 5.16 Å². The smallest absolute Gasteiger partial charge is 0.151 e. The van der Waals surface area contributed by atoms with Crippen molar-refractivity contribution in [1.29, 1.82) is 0 Å². The lowest BCUT2D eigenvalue weighted by Gasteiger charge is -2.21. The van der Waals surface area contributed by atoms with Crippen LogP contribution in [0.15, 0.2) is 10.6 Å². The van der Waals surface area contributed by atoms with E-state index in [1.54, 1.807) is 0 Å². The third kappa shape index (κ3) is 2.62. The zero-order valence-electron chi connectivity index (χ0n) is 9.51. The summed E-state index contributed by atoms with van der Waals surface area (Å²) in [5.41, 5.74) is 0.849. The Balaban J connectivity index is 1.96. The number of rotatable bonds is 3. The summed E-state index contributed by atoms with van der Waals surface area (Å²) in [6.45, 7) is 2.48. The summed E-state index contributed by atoms with van der Waals surface area (Å²) in [6, 6.07) is 1.98. The van der Waals surface area contributed by atoms with Gasteiger partial charge in [0, 0.05) is 12.1 Å². The van der Waals surface area contributed by atoms with Crippen molar-refractivity contribution in [1.82, 2.24) is 10.1 Å². The predicted molar refractivity (Wildman–Crippen MR) is 59.8 cm³/mol. The molecule has 0 bridgehead atoms. The molecule has 1 aromatic rings. The van der Waals surface area contributed by atoms with Gasteiger partial charge in [-0.3, -0.25) is 4.90 Å². The van der Waals surface area contributed by atoms with Crippen LogP contribution < -0.4 is 0 Å². The van der Waals surface area contributed by atoms with Gasteiger partial charge in [0.25, 0.3) is 0 Å². The molecule has 1 atom stereocenters. The summed E-state index contributed by atoms with van der Waals surface area (Å²) in [5, 5.41) is 3.80. The van der Waals surface area contributed by atoms with Gasteiger partial charge in [-0.1, -0.05) is 5.16 Å². The van der Waals surface area contributed by atoms with Crippen LogP contribution >= 0.6 is 0 Å². The monoisotopic (exact) mass is 244 g/mol. The molecule has 1 saturated heterocycles. The van der Waals surface area contributed by atoms with Crippen molar-refractivity contribution >= 4 is 9.84 Å². The molecule has 0 aromatic carbocycles. The maximum absolute atomic E-state index is 11.3. The Bertz CT molecular complexity index is 466. The van der Waals surface area contributed by atoms with Crippen LogP contribution in [0.1, 0.15) is 17.9 Å². The summed E-state index contributed by atoms with van der Waals surface area (Å²) in [6.07, 6.45) is 0.714. The van der Waals surface area contributed by atoms with Crippen LogP contribution in [0.2, 0.25) is 0 Å². The molecule has 0 spiro atoms. The first-order valence-electron chi connectivity index (χ1n) is 5.29. The fraction of sp³-hybridized carbons (Fsp3) is 0.700. The highest BCUT2D eigenvalue weighted by molar-refractivity contribution is 7.91. The van der Waals surface area contributed by atoms with Crippen molar-refractivity contribution in [3.05, 3.63) is 17.5 Å². The Morgan fingerprint density at radius 2 is 2.38 bits per heavy atom. The summed E-state index contributed by atoms with van der Waals surface area (Å²) in [5.74, 6) is 1.35. The number of nitrogens with zero attached hydrogens (tertiary/aromatic N) is 2. The van der Waals surface area contributed by atoms with E-state index in [-0.39, 0.29) is 11.8 Å². The van der Waals surface area contributed by atoms with Gasteiger partial charge < -0.3 is 4.52 Å². The lowest BCUT2D eigenvalue weighted by atomic mass is 10.2. The standard InChI is InChI=1S/C10H16N2O3S/c1-8-5-10(15-11-8)6-12(2)9-3-4-16(13,14)7-9/h5,9H,3-4,6-7H2,1-2H3. The summed E-state index contributed by atoms with van der Waals surface area (Å²) in [7, 11) is -0.895. The highest BCUT2D eigenvalue weighted by Crippen LogP contribution is 2.18. The Kier molecular flexibility index (Phi) is 3.03. The third-order valence-corrected chi connectivity index (χ3v) is 4.66. The minimum Gasteiger partial charge on any atom is -0.360 e. The van der Waals surface area contributed by atoms with Crippen LogP contribution in [-0.2, 0) is 16.4 Å². The van der Waals surface area contributed by atoms with E-state index < -0.39 is 9.84 Å². The molecule has 1 fully saturated rings. The molecule has 1 aliphatic rings. The molecule has 2 rings (SSSR count). The Morgan fingerprint density at radius 3 is 2.88 bits per heavy atom. The first kappa shape index (κ1) is 11.6. The second-order valence-electron chi connectivity index (χ2n) is 4.41. The van der Waals surface area contributed by atoms with Crippen LogP contribution in [0.25, 0.3) is 0 Å². The van der Waals surface area contributed by atoms with E-state index in [1.807, 2.05) is 24.9 Å². The van der Waals surface area contributed by atoms with Gasteiger partial charge in [0.1, 0.15) is 0 Å². The third-order valence-electron chi connectivity index (χ3n) is 2.91. The molecule has 0 saturated carbocycles. The lowest BCUT2D eigenvalue weighted by molar-refractivity contribution is 0.222. The van der Waals surface area contributed by atoms with Crippen LogP contribution in [0.4, 0.5) is 0 Å². The number of aromatic nitrogens is 1. The van der Waals surface area contributed by atoms with E-state index in [0.29, 0.717) is 18.7 Å². The number of sulfone groups is 1. The fourth-order valence-corrected chi connectivity index (χ4v) is 3.79. The van der Waals surface area contributed by atoms with Crippen molar-refractivity contribution < 1.29 is 12.9 Å². The average molecular weight is 244 g/mol. The molecule has 0 N–H and O–H groups in total. The molecule has 1 aromatic heterocycles. The van der Waals surface area contributed by atoms with Crippen molar-refractivity contribution in [3.63, 3.8) is 0 Å². The van der Waals surface area contributed by atoms with Crippen molar-refractivity contribution in [2.75, 3.05) is 18.6 Å². The van der Waals surface area contributed by atoms with Gasteiger partial charge in [0.15, 0.2) is 15.6 Å². The summed E-state index contributed by atoms with van der Waals surface area (Å²) < 4.78 is 27.8. The molecule has 2 heterocycles. The van der Waals surface area contributed by atoms with Gasteiger partial charge >= 0.3 is 0 Å². The van der Waals surface area contributed by atoms with Crippen molar-refractivity contribution in [2.45, 2.75) is 25.9 Å². The van der Waals surface area contributed by atoms with E-state index in [9.17, 15) is 8.42 Å². The van der Waals surface area contributed by atoms with Gasteiger partial charge in [-0.15, -0.1) is 0 Å².